The van der Waals surface area contributed by atoms with Gasteiger partial charge in [0.1, 0.15) is 6.04 Å². The van der Waals surface area contributed by atoms with Crippen molar-refractivity contribution in [2.45, 2.75) is 129 Å². The van der Waals surface area contributed by atoms with E-state index in [1.54, 1.807) is 6.92 Å². The molecule has 9 nitrogen and oxygen atoms in total. The van der Waals surface area contributed by atoms with Crippen LogP contribution in [0.3, 0.4) is 0 Å². The van der Waals surface area contributed by atoms with Gasteiger partial charge in [-0.3, -0.25) is 9.59 Å². The molecule has 9 unspecified atom stereocenters. The van der Waals surface area contributed by atoms with Crippen LogP contribution in [0.2, 0.25) is 0 Å². The SMILES string of the molecule is C=C(C)C1C(=O)c2c3c(cc4c5c(n1c24)C1(C)C(CCC2C(C)(/C=C/C=C(\C)C(=O)NCCNCCO)C(O)CCC21C)C5)C1=CC(C)(C)OC(C)(C)C1C3O. The van der Waals surface area contributed by atoms with Gasteiger partial charge in [-0.25, -0.2) is 0 Å². The smallest absolute Gasteiger partial charge is 0.246 e. The monoisotopic (exact) mass is 765 g/mol. The highest BCUT2D eigenvalue weighted by atomic mass is 16.5. The molecule has 8 rings (SSSR count). The summed E-state index contributed by atoms with van der Waals surface area (Å²) in [5.74, 6) is 0.132. The number of aliphatic hydroxyl groups excluding tert-OH is 3. The zero-order valence-corrected chi connectivity index (χ0v) is 34.9. The second kappa shape index (κ2) is 13.1. The summed E-state index contributed by atoms with van der Waals surface area (Å²) >= 11 is 0. The zero-order valence-electron chi connectivity index (χ0n) is 34.9. The molecule has 2 aromatic rings. The van der Waals surface area contributed by atoms with E-state index in [1.165, 1.54) is 11.3 Å². The second-order valence-corrected chi connectivity index (χ2v) is 19.8. The Bertz CT molecular complexity index is 2140. The van der Waals surface area contributed by atoms with Crippen LogP contribution in [0.1, 0.15) is 133 Å². The van der Waals surface area contributed by atoms with E-state index in [9.17, 15) is 19.8 Å². The molecule has 9 heteroatoms. The molecule has 56 heavy (non-hydrogen) atoms. The van der Waals surface area contributed by atoms with Gasteiger partial charge in [-0.2, -0.15) is 0 Å². The molecule has 2 aliphatic heterocycles. The van der Waals surface area contributed by atoms with Crippen LogP contribution in [0.25, 0.3) is 16.5 Å². The number of Topliss-reactive ketones (excluding diaryl/α,β-unsaturated/α-hetero) is 1. The topological polar surface area (TPSA) is 133 Å². The number of aliphatic hydroxyl groups is 3. The Morgan fingerprint density at radius 2 is 1.79 bits per heavy atom. The first-order chi connectivity index (χ1) is 26.2. The van der Waals surface area contributed by atoms with Crippen LogP contribution < -0.4 is 10.6 Å². The number of rotatable bonds is 9. The Labute approximate surface area is 332 Å². The lowest BCUT2D eigenvalue weighted by Crippen LogP contribution is -2.62. The number of aromatic nitrogens is 1. The van der Waals surface area contributed by atoms with Crippen LogP contribution in [0.4, 0.5) is 0 Å². The van der Waals surface area contributed by atoms with Gasteiger partial charge in [-0.05, 0) is 120 Å². The lowest BCUT2D eigenvalue weighted by atomic mass is 9.40. The Morgan fingerprint density at radius 3 is 2.48 bits per heavy atom. The number of hydrogen-bond acceptors (Lipinski definition) is 7. The minimum Gasteiger partial charge on any atom is -0.395 e. The average molecular weight is 766 g/mol. The molecule has 6 aliphatic rings. The van der Waals surface area contributed by atoms with Gasteiger partial charge in [0.25, 0.3) is 0 Å². The van der Waals surface area contributed by atoms with Crippen LogP contribution >= 0.6 is 0 Å². The van der Waals surface area contributed by atoms with Gasteiger partial charge in [-0.1, -0.05) is 51.2 Å². The number of hydrogen-bond donors (Lipinski definition) is 5. The zero-order chi connectivity index (χ0) is 40.5. The van der Waals surface area contributed by atoms with Gasteiger partial charge >= 0.3 is 0 Å². The van der Waals surface area contributed by atoms with Gasteiger partial charge < -0.3 is 35.3 Å². The number of allylic oxidation sites excluding steroid dienone is 3. The third-order valence-corrected chi connectivity index (χ3v) is 15.6. The van der Waals surface area contributed by atoms with Crippen LogP contribution in [0.5, 0.6) is 0 Å². The number of ether oxygens (including phenoxy) is 1. The van der Waals surface area contributed by atoms with Crippen LogP contribution in [-0.2, 0) is 21.4 Å². The van der Waals surface area contributed by atoms with Gasteiger partial charge in [0.2, 0.25) is 5.91 Å². The highest BCUT2D eigenvalue weighted by Gasteiger charge is 2.67. The Balaban J connectivity index is 1.23. The van der Waals surface area contributed by atoms with E-state index in [1.807, 2.05) is 19.1 Å². The molecule has 0 spiro atoms. The predicted octanol–water partition coefficient (Wildman–Crippen LogP) is 6.80. The van der Waals surface area contributed by atoms with Crippen molar-refractivity contribution in [3.05, 3.63) is 76.0 Å². The Kier molecular flexibility index (Phi) is 9.23. The third-order valence-electron chi connectivity index (χ3n) is 15.6. The van der Waals surface area contributed by atoms with Gasteiger partial charge in [0.15, 0.2) is 5.78 Å². The lowest BCUT2D eigenvalue weighted by Gasteiger charge is -2.64. The molecule has 4 aliphatic carbocycles. The Morgan fingerprint density at radius 1 is 1.05 bits per heavy atom. The number of ketones is 1. The molecule has 0 bridgehead atoms. The number of nitrogens with one attached hydrogen (secondary N) is 2. The summed E-state index contributed by atoms with van der Waals surface area (Å²) in [5.41, 5.74) is 6.22. The van der Waals surface area contributed by atoms with Crippen molar-refractivity contribution in [2.24, 2.45) is 28.6 Å². The van der Waals surface area contributed by atoms with Crippen molar-refractivity contribution in [1.82, 2.24) is 15.2 Å². The maximum Gasteiger partial charge on any atom is 0.246 e. The van der Waals surface area contributed by atoms with E-state index in [0.717, 1.165) is 58.9 Å². The number of nitrogens with zero attached hydrogens (tertiary/aromatic N) is 1. The lowest BCUT2D eigenvalue weighted by molar-refractivity contribution is -0.144. The number of carbonyl (C=O) groups is 2. The summed E-state index contributed by atoms with van der Waals surface area (Å²) in [6.07, 6.45) is 11.2. The average Bonchev–Trinajstić information content (AvgIpc) is 3.78. The first-order valence-electron chi connectivity index (χ1n) is 20.9. The summed E-state index contributed by atoms with van der Waals surface area (Å²) in [6, 6.07) is 1.76. The maximum absolute atomic E-state index is 14.9. The van der Waals surface area contributed by atoms with Gasteiger partial charge in [-0.15, -0.1) is 0 Å². The van der Waals surface area contributed by atoms with E-state index in [0.29, 0.717) is 43.1 Å². The van der Waals surface area contributed by atoms with Gasteiger partial charge in [0, 0.05) is 58.6 Å². The van der Waals surface area contributed by atoms with Crippen LogP contribution in [0, 0.1) is 28.6 Å². The molecule has 5 N–H and O–H groups in total. The fourth-order valence-corrected chi connectivity index (χ4v) is 13.2. The molecular weight excluding hydrogens is 703 g/mol. The minimum atomic E-state index is -0.863. The highest BCUT2D eigenvalue weighted by Crippen LogP contribution is 2.71. The minimum absolute atomic E-state index is 0.0254. The molecule has 3 heterocycles. The highest BCUT2D eigenvalue weighted by molar-refractivity contribution is 6.18. The predicted molar refractivity (Wildman–Crippen MR) is 220 cm³/mol. The normalized spacial score (nSPS) is 36.2. The quantitative estimate of drug-likeness (QED) is 0.0822. The first kappa shape index (κ1) is 39.5. The first-order valence-corrected chi connectivity index (χ1v) is 20.9. The van der Waals surface area contributed by atoms with Crippen molar-refractivity contribution < 1.29 is 29.6 Å². The molecule has 1 amide bonds. The van der Waals surface area contributed by atoms with E-state index in [4.69, 9.17) is 9.84 Å². The molecule has 1 aromatic heterocycles. The van der Waals surface area contributed by atoms with Crippen molar-refractivity contribution in [3.63, 3.8) is 0 Å². The van der Waals surface area contributed by atoms with E-state index in [-0.39, 0.29) is 41.0 Å². The standard InChI is InChI=1S/C47H63N3O6/c1-25(2)37-40(54)35-34-28(31-24-43(4,5)56-44(6,7)36(31)39(34)53)23-29-30-22-27-13-14-32-45(8,16-11-12-26(3)42(55)49-19-18-48-20-21-51)33(52)15-17-46(32,9)47(27,10)41(30)50(37)38(29)35/h11-12,16,23-24,27,32-33,36-37,39,48,51-53H,1,13-15,17-22H2,2-10H3,(H,49,55)/b16-11+,26-12+. The van der Waals surface area contributed by atoms with Crippen molar-refractivity contribution in [3.8, 4) is 0 Å². The summed E-state index contributed by atoms with van der Waals surface area (Å²) in [7, 11) is 0. The summed E-state index contributed by atoms with van der Waals surface area (Å²) in [6.45, 7) is 25.1. The van der Waals surface area contributed by atoms with Crippen molar-refractivity contribution in [2.75, 3.05) is 26.2 Å². The van der Waals surface area contributed by atoms with Crippen molar-refractivity contribution in [1.29, 1.82) is 0 Å². The molecular formula is C47H63N3O6. The van der Waals surface area contributed by atoms with Crippen LogP contribution in [-0.4, -0.2) is 75.1 Å². The number of benzene rings is 1. The van der Waals surface area contributed by atoms with E-state index < -0.39 is 34.9 Å². The second-order valence-electron chi connectivity index (χ2n) is 19.8. The number of fused-ring (bicyclic) bond motifs is 11. The molecule has 1 aromatic carbocycles. The fraction of sp³-hybridized carbons (Fsp3) is 0.617. The summed E-state index contributed by atoms with van der Waals surface area (Å²) < 4.78 is 8.90. The fourth-order valence-electron chi connectivity index (χ4n) is 13.2. The summed E-state index contributed by atoms with van der Waals surface area (Å²) in [4.78, 5) is 27.8. The Hall–Kier alpha value is -3.34. The molecule has 0 saturated heterocycles. The van der Waals surface area contributed by atoms with E-state index >= 15 is 0 Å². The molecule has 2 saturated carbocycles. The summed E-state index contributed by atoms with van der Waals surface area (Å²) in [5, 5.41) is 40.2. The molecule has 2 fully saturated rings. The maximum atomic E-state index is 14.9. The number of amides is 1. The molecule has 0 radical (unpaired) electrons. The van der Waals surface area contributed by atoms with Gasteiger partial charge in [0.05, 0.1) is 41.1 Å². The van der Waals surface area contributed by atoms with Crippen molar-refractivity contribution >= 4 is 28.2 Å². The van der Waals surface area contributed by atoms with E-state index in [2.05, 4.69) is 88.5 Å². The van der Waals surface area contributed by atoms with Crippen LogP contribution in [0.15, 0.2) is 48.1 Å². The molecule has 9 atom stereocenters. The third kappa shape index (κ3) is 5.29. The molecule has 302 valence electrons. The number of carbonyl (C=O) groups excluding carboxylic acids is 2. The largest absolute Gasteiger partial charge is 0.395 e.